The Morgan fingerprint density at radius 3 is 2.81 bits per heavy atom. The molecule has 1 aromatic rings. The Balaban J connectivity index is 1.78. The van der Waals surface area contributed by atoms with E-state index in [9.17, 15) is 4.79 Å². The first-order chi connectivity index (χ1) is 7.75. The van der Waals surface area contributed by atoms with Gasteiger partial charge in [-0.1, -0.05) is 5.16 Å². The average Bonchev–Trinajstić information content (AvgIpc) is 2.73. The van der Waals surface area contributed by atoms with Gasteiger partial charge in [-0.15, -0.1) is 0 Å². The smallest absolute Gasteiger partial charge is 0.317 e. The fourth-order valence-electron chi connectivity index (χ4n) is 1.78. The van der Waals surface area contributed by atoms with E-state index in [2.05, 4.69) is 15.5 Å². The molecule has 0 saturated carbocycles. The van der Waals surface area contributed by atoms with Crippen LogP contribution in [0.4, 0.5) is 4.79 Å². The van der Waals surface area contributed by atoms with Gasteiger partial charge in [-0.25, -0.2) is 4.79 Å². The zero-order valence-corrected chi connectivity index (χ0v) is 9.40. The van der Waals surface area contributed by atoms with Crippen LogP contribution in [0.25, 0.3) is 0 Å². The molecule has 1 N–H and O–H groups in total. The van der Waals surface area contributed by atoms with Crippen LogP contribution in [-0.2, 0) is 6.54 Å². The third kappa shape index (κ3) is 2.71. The van der Waals surface area contributed by atoms with Crippen molar-refractivity contribution in [2.24, 2.45) is 0 Å². The van der Waals surface area contributed by atoms with Gasteiger partial charge in [0.05, 0.1) is 6.54 Å². The number of aryl methyl sites for hydroxylation is 1. The Bertz CT molecular complexity index is 357. The quantitative estimate of drug-likeness (QED) is 0.815. The van der Waals surface area contributed by atoms with Crippen molar-refractivity contribution in [1.82, 2.24) is 20.4 Å². The standard InChI is InChI=1S/C10H16N4O2/c1-8-12-9(13-16-8)7-11-10(15)14-5-3-2-4-6-14/h2-7H2,1H3,(H,11,15). The Morgan fingerprint density at radius 2 is 2.19 bits per heavy atom. The molecule has 1 fully saturated rings. The predicted octanol–water partition coefficient (Wildman–Crippen LogP) is 1.07. The highest BCUT2D eigenvalue weighted by atomic mass is 16.5. The molecule has 6 heteroatoms. The fraction of sp³-hybridized carbons (Fsp3) is 0.700. The largest absolute Gasteiger partial charge is 0.340 e. The second-order valence-corrected chi connectivity index (χ2v) is 3.94. The molecule has 0 spiro atoms. The normalized spacial score (nSPS) is 16.2. The molecular weight excluding hydrogens is 208 g/mol. The molecule has 1 aliphatic rings. The van der Waals surface area contributed by atoms with Gasteiger partial charge >= 0.3 is 6.03 Å². The molecule has 2 rings (SSSR count). The van der Waals surface area contributed by atoms with E-state index in [-0.39, 0.29) is 6.03 Å². The van der Waals surface area contributed by atoms with Gasteiger partial charge in [-0.05, 0) is 19.3 Å². The highest BCUT2D eigenvalue weighted by Crippen LogP contribution is 2.08. The van der Waals surface area contributed by atoms with Gasteiger partial charge in [0.1, 0.15) is 0 Å². The lowest BCUT2D eigenvalue weighted by Crippen LogP contribution is -2.42. The van der Waals surface area contributed by atoms with Crippen LogP contribution in [-0.4, -0.2) is 34.2 Å². The molecule has 1 aromatic heterocycles. The minimum Gasteiger partial charge on any atom is -0.340 e. The van der Waals surface area contributed by atoms with Crippen molar-refractivity contribution < 1.29 is 9.32 Å². The maximum absolute atomic E-state index is 11.7. The van der Waals surface area contributed by atoms with Gasteiger partial charge in [0, 0.05) is 20.0 Å². The molecule has 0 radical (unpaired) electrons. The maximum Gasteiger partial charge on any atom is 0.317 e. The van der Waals surface area contributed by atoms with Crippen molar-refractivity contribution in [3.63, 3.8) is 0 Å². The molecular formula is C10H16N4O2. The fourth-order valence-corrected chi connectivity index (χ4v) is 1.78. The van der Waals surface area contributed by atoms with Crippen LogP contribution in [0, 0.1) is 6.92 Å². The molecule has 6 nitrogen and oxygen atoms in total. The lowest BCUT2D eigenvalue weighted by Gasteiger charge is -2.26. The molecule has 0 aliphatic carbocycles. The molecule has 88 valence electrons. The topological polar surface area (TPSA) is 71.3 Å². The summed E-state index contributed by atoms with van der Waals surface area (Å²) in [6.45, 7) is 3.74. The molecule has 2 heterocycles. The van der Waals surface area contributed by atoms with Crippen LogP contribution in [0.3, 0.4) is 0 Å². The maximum atomic E-state index is 11.7. The average molecular weight is 224 g/mol. The van der Waals surface area contributed by atoms with E-state index in [0.29, 0.717) is 18.3 Å². The van der Waals surface area contributed by atoms with E-state index in [0.717, 1.165) is 25.9 Å². The van der Waals surface area contributed by atoms with Crippen LogP contribution in [0.1, 0.15) is 31.0 Å². The highest BCUT2D eigenvalue weighted by molar-refractivity contribution is 5.74. The van der Waals surface area contributed by atoms with Gasteiger partial charge in [-0.3, -0.25) is 0 Å². The minimum atomic E-state index is -0.0397. The van der Waals surface area contributed by atoms with Gasteiger partial charge in [0.25, 0.3) is 0 Å². The van der Waals surface area contributed by atoms with Gasteiger partial charge in [-0.2, -0.15) is 4.98 Å². The summed E-state index contributed by atoms with van der Waals surface area (Å²) in [5, 5.41) is 6.50. The summed E-state index contributed by atoms with van der Waals surface area (Å²) in [5.74, 6) is 1.03. The Labute approximate surface area is 94.0 Å². The number of rotatable bonds is 2. The van der Waals surface area contributed by atoms with Gasteiger partial charge in [0.15, 0.2) is 5.82 Å². The van der Waals surface area contributed by atoms with E-state index < -0.39 is 0 Å². The number of aromatic nitrogens is 2. The molecule has 1 aliphatic heterocycles. The summed E-state index contributed by atoms with van der Waals surface area (Å²) in [5.41, 5.74) is 0. The Kier molecular flexibility index (Phi) is 3.38. The number of piperidine rings is 1. The number of amides is 2. The minimum absolute atomic E-state index is 0.0397. The van der Waals surface area contributed by atoms with Crippen LogP contribution in [0.5, 0.6) is 0 Å². The van der Waals surface area contributed by atoms with Crippen LogP contribution < -0.4 is 5.32 Å². The van der Waals surface area contributed by atoms with Crippen LogP contribution in [0.2, 0.25) is 0 Å². The summed E-state index contributed by atoms with van der Waals surface area (Å²) in [4.78, 5) is 17.6. The number of likely N-dealkylation sites (tertiary alicyclic amines) is 1. The van der Waals surface area contributed by atoms with Crippen LogP contribution >= 0.6 is 0 Å². The third-order valence-corrected chi connectivity index (χ3v) is 2.61. The van der Waals surface area contributed by atoms with Crippen molar-refractivity contribution in [2.45, 2.75) is 32.7 Å². The SMILES string of the molecule is Cc1nc(CNC(=O)N2CCCCC2)no1. The monoisotopic (exact) mass is 224 g/mol. The van der Waals surface area contributed by atoms with E-state index in [1.165, 1.54) is 6.42 Å². The number of carbonyl (C=O) groups excluding carboxylic acids is 1. The van der Waals surface area contributed by atoms with E-state index >= 15 is 0 Å². The molecule has 2 amide bonds. The Morgan fingerprint density at radius 1 is 1.44 bits per heavy atom. The van der Waals surface area contributed by atoms with Crippen molar-refractivity contribution >= 4 is 6.03 Å². The molecule has 0 aromatic carbocycles. The van der Waals surface area contributed by atoms with Crippen LogP contribution in [0.15, 0.2) is 4.52 Å². The zero-order valence-electron chi connectivity index (χ0n) is 9.40. The zero-order chi connectivity index (χ0) is 11.4. The molecule has 0 unspecified atom stereocenters. The first-order valence-electron chi connectivity index (χ1n) is 5.57. The summed E-state index contributed by atoms with van der Waals surface area (Å²) in [7, 11) is 0. The summed E-state index contributed by atoms with van der Waals surface area (Å²) in [6.07, 6.45) is 3.40. The van der Waals surface area contributed by atoms with Crippen molar-refractivity contribution in [3.8, 4) is 0 Å². The molecule has 1 saturated heterocycles. The second kappa shape index (κ2) is 4.96. The summed E-state index contributed by atoms with van der Waals surface area (Å²) >= 11 is 0. The third-order valence-electron chi connectivity index (χ3n) is 2.61. The first-order valence-corrected chi connectivity index (χ1v) is 5.57. The summed E-state index contributed by atoms with van der Waals surface area (Å²) < 4.78 is 4.82. The summed E-state index contributed by atoms with van der Waals surface area (Å²) in [6, 6.07) is -0.0397. The first kappa shape index (κ1) is 10.9. The van der Waals surface area contributed by atoms with Crippen molar-refractivity contribution in [2.75, 3.05) is 13.1 Å². The van der Waals surface area contributed by atoms with E-state index in [1.807, 2.05) is 4.90 Å². The predicted molar refractivity (Wildman–Crippen MR) is 56.7 cm³/mol. The van der Waals surface area contributed by atoms with Crippen molar-refractivity contribution in [3.05, 3.63) is 11.7 Å². The number of carbonyl (C=O) groups is 1. The van der Waals surface area contributed by atoms with Gasteiger partial charge < -0.3 is 14.7 Å². The number of nitrogens with one attached hydrogen (secondary N) is 1. The number of nitrogens with zero attached hydrogens (tertiary/aromatic N) is 3. The van der Waals surface area contributed by atoms with E-state index in [1.54, 1.807) is 6.92 Å². The lowest BCUT2D eigenvalue weighted by atomic mass is 10.1. The number of hydrogen-bond donors (Lipinski definition) is 1. The van der Waals surface area contributed by atoms with Crippen molar-refractivity contribution in [1.29, 1.82) is 0 Å². The molecule has 0 bridgehead atoms. The second-order valence-electron chi connectivity index (χ2n) is 3.94. The number of urea groups is 1. The molecule has 16 heavy (non-hydrogen) atoms. The van der Waals surface area contributed by atoms with E-state index in [4.69, 9.17) is 4.52 Å². The highest BCUT2D eigenvalue weighted by Gasteiger charge is 2.16. The number of hydrogen-bond acceptors (Lipinski definition) is 4. The van der Waals surface area contributed by atoms with Gasteiger partial charge in [0.2, 0.25) is 5.89 Å². The molecule has 0 atom stereocenters. The Hall–Kier alpha value is -1.59. The lowest BCUT2D eigenvalue weighted by molar-refractivity contribution is 0.185.